The van der Waals surface area contributed by atoms with Crippen molar-refractivity contribution in [3.8, 4) is 11.5 Å². The van der Waals surface area contributed by atoms with Crippen molar-refractivity contribution in [2.24, 2.45) is 7.05 Å². The lowest BCUT2D eigenvalue weighted by atomic mass is 10.1. The second-order valence-electron chi connectivity index (χ2n) is 9.63. The minimum Gasteiger partial charge on any atom is -0.452 e. The van der Waals surface area contributed by atoms with Crippen LogP contribution in [-0.2, 0) is 11.8 Å². The van der Waals surface area contributed by atoms with Crippen LogP contribution < -0.4 is 25.8 Å². The number of halogens is 1. The third-order valence-electron chi connectivity index (χ3n) is 6.28. The molecule has 1 amide bonds. The molecule has 40 heavy (non-hydrogen) atoms. The highest BCUT2D eigenvalue weighted by atomic mass is 19.1. The standard InChI is InChI=1S/C29H32FN7O3/c1-7-26(38)32-23-16-22(18(2)14-24(23)36(5)13-12-35(3)4)33-29-31-17-19-15-25(28(39)37(6)27(19)34-29)40-21-10-8-20(30)9-11-21/h7-11,14-17H,1,12-13H2,2-6H3,(H,32,38)(H,31,33,34). The van der Waals surface area contributed by atoms with Gasteiger partial charge < -0.3 is 25.2 Å². The van der Waals surface area contributed by atoms with Gasteiger partial charge in [-0.25, -0.2) is 9.37 Å². The summed E-state index contributed by atoms with van der Waals surface area (Å²) in [4.78, 5) is 38.3. The van der Waals surface area contributed by atoms with Crippen LogP contribution in [-0.4, -0.2) is 59.6 Å². The zero-order valence-corrected chi connectivity index (χ0v) is 23.2. The van der Waals surface area contributed by atoms with E-state index >= 15 is 0 Å². The number of benzene rings is 2. The van der Waals surface area contributed by atoms with Gasteiger partial charge in [0.05, 0.1) is 11.4 Å². The van der Waals surface area contributed by atoms with Crippen LogP contribution in [0.15, 0.2) is 66.1 Å². The number of nitrogens with one attached hydrogen (secondary N) is 2. The molecular weight excluding hydrogens is 513 g/mol. The van der Waals surface area contributed by atoms with Gasteiger partial charge in [-0.2, -0.15) is 4.98 Å². The van der Waals surface area contributed by atoms with Crippen LogP contribution in [0.25, 0.3) is 11.0 Å². The average molecular weight is 546 g/mol. The van der Waals surface area contributed by atoms with Crippen LogP contribution in [0.2, 0.25) is 0 Å². The summed E-state index contributed by atoms with van der Waals surface area (Å²) in [6, 6.07) is 10.8. The Kier molecular flexibility index (Phi) is 8.44. The van der Waals surface area contributed by atoms with Gasteiger partial charge in [-0.15, -0.1) is 0 Å². The maximum atomic E-state index is 13.2. The Labute approximate surface area is 231 Å². The van der Waals surface area contributed by atoms with Crippen molar-refractivity contribution in [1.82, 2.24) is 19.4 Å². The van der Waals surface area contributed by atoms with Gasteiger partial charge in [0.2, 0.25) is 11.9 Å². The van der Waals surface area contributed by atoms with Gasteiger partial charge in [-0.3, -0.25) is 14.2 Å². The number of ether oxygens (including phenoxy) is 1. The van der Waals surface area contributed by atoms with Gasteiger partial charge in [-0.1, -0.05) is 6.58 Å². The molecule has 0 spiro atoms. The highest BCUT2D eigenvalue weighted by Gasteiger charge is 2.16. The molecule has 0 atom stereocenters. The van der Waals surface area contributed by atoms with E-state index in [1.807, 2.05) is 40.2 Å². The van der Waals surface area contributed by atoms with E-state index in [1.165, 1.54) is 34.9 Å². The van der Waals surface area contributed by atoms with E-state index in [0.29, 0.717) is 28.2 Å². The van der Waals surface area contributed by atoms with E-state index in [1.54, 1.807) is 19.3 Å². The molecule has 0 aliphatic heterocycles. The van der Waals surface area contributed by atoms with Gasteiger partial charge in [0.25, 0.3) is 5.56 Å². The summed E-state index contributed by atoms with van der Waals surface area (Å²) in [5.74, 6) is -0.0511. The highest BCUT2D eigenvalue weighted by molar-refractivity contribution is 6.02. The number of hydrogen-bond donors (Lipinski definition) is 2. The minimum absolute atomic E-state index is 0.0679. The summed E-state index contributed by atoms with van der Waals surface area (Å²) < 4.78 is 20.3. The molecule has 2 aromatic carbocycles. The number of aryl methyl sites for hydroxylation is 2. The predicted octanol–water partition coefficient (Wildman–Crippen LogP) is 4.43. The maximum Gasteiger partial charge on any atom is 0.294 e. The van der Waals surface area contributed by atoms with Gasteiger partial charge in [0.15, 0.2) is 5.75 Å². The number of likely N-dealkylation sites (N-methyl/N-ethyl adjacent to an activating group) is 2. The Hall–Kier alpha value is -4.77. The normalized spacial score (nSPS) is 11.0. The Morgan fingerprint density at radius 1 is 1.12 bits per heavy atom. The molecule has 0 radical (unpaired) electrons. The Morgan fingerprint density at radius 3 is 2.52 bits per heavy atom. The Bertz CT molecular complexity index is 1620. The van der Waals surface area contributed by atoms with Crippen molar-refractivity contribution < 1.29 is 13.9 Å². The van der Waals surface area contributed by atoms with Crippen LogP contribution >= 0.6 is 0 Å². The second-order valence-corrected chi connectivity index (χ2v) is 9.63. The number of carbonyl (C=O) groups is 1. The lowest BCUT2D eigenvalue weighted by Gasteiger charge is -2.25. The monoisotopic (exact) mass is 545 g/mol. The lowest BCUT2D eigenvalue weighted by Crippen LogP contribution is -2.29. The summed E-state index contributed by atoms with van der Waals surface area (Å²) in [6.07, 6.45) is 2.80. The molecule has 2 heterocycles. The Balaban J connectivity index is 1.66. The Morgan fingerprint density at radius 2 is 1.85 bits per heavy atom. The molecule has 10 nitrogen and oxygen atoms in total. The van der Waals surface area contributed by atoms with Crippen molar-refractivity contribution in [3.63, 3.8) is 0 Å². The number of rotatable bonds is 10. The fourth-order valence-electron chi connectivity index (χ4n) is 4.00. The molecule has 0 fully saturated rings. The molecule has 2 N–H and O–H groups in total. The smallest absolute Gasteiger partial charge is 0.294 e. The predicted molar refractivity (Wildman–Crippen MR) is 156 cm³/mol. The van der Waals surface area contributed by atoms with E-state index < -0.39 is 11.4 Å². The molecule has 11 heteroatoms. The number of carbonyl (C=O) groups excluding carboxylic acids is 1. The van der Waals surface area contributed by atoms with Gasteiger partial charge in [0, 0.05) is 44.5 Å². The molecule has 0 unspecified atom stereocenters. The second kappa shape index (κ2) is 12.0. The SMILES string of the molecule is C=CC(=O)Nc1cc(Nc2ncc3cc(Oc4ccc(F)cc4)c(=O)n(C)c3n2)c(C)cc1N(C)CCN(C)C. The molecule has 0 aliphatic rings. The zero-order valence-electron chi connectivity index (χ0n) is 23.2. The summed E-state index contributed by atoms with van der Waals surface area (Å²) >= 11 is 0. The molecule has 0 saturated heterocycles. The van der Waals surface area contributed by atoms with Crippen molar-refractivity contribution in [1.29, 1.82) is 0 Å². The van der Waals surface area contributed by atoms with Gasteiger partial charge in [-0.05, 0) is 75.1 Å². The minimum atomic E-state index is -0.405. The van der Waals surface area contributed by atoms with E-state index in [-0.39, 0.29) is 17.6 Å². The number of aromatic nitrogens is 3. The molecule has 208 valence electrons. The third-order valence-corrected chi connectivity index (χ3v) is 6.28. The van der Waals surface area contributed by atoms with Crippen LogP contribution in [0.5, 0.6) is 11.5 Å². The van der Waals surface area contributed by atoms with Crippen molar-refractivity contribution in [2.45, 2.75) is 6.92 Å². The largest absolute Gasteiger partial charge is 0.452 e. The van der Waals surface area contributed by atoms with E-state index in [0.717, 1.165) is 24.3 Å². The first-order valence-corrected chi connectivity index (χ1v) is 12.6. The lowest BCUT2D eigenvalue weighted by molar-refractivity contribution is -0.111. The number of nitrogens with zero attached hydrogens (tertiary/aromatic N) is 5. The number of amides is 1. The fraction of sp³-hybridized carbons (Fsp3) is 0.241. The zero-order chi connectivity index (χ0) is 29.0. The molecule has 0 bridgehead atoms. The highest BCUT2D eigenvalue weighted by Crippen LogP contribution is 2.33. The van der Waals surface area contributed by atoms with E-state index in [4.69, 9.17) is 4.74 Å². The number of anilines is 4. The van der Waals surface area contributed by atoms with Crippen LogP contribution in [0.1, 0.15) is 5.56 Å². The molecule has 0 aliphatic carbocycles. The molecular formula is C29H32FN7O3. The van der Waals surface area contributed by atoms with Crippen molar-refractivity contribution in [3.05, 3.63) is 83.1 Å². The topological polar surface area (TPSA) is 105 Å². The van der Waals surface area contributed by atoms with Crippen molar-refractivity contribution in [2.75, 3.05) is 49.8 Å². The van der Waals surface area contributed by atoms with Crippen molar-refractivity contribution >= 4 is 40.0 Å². The summed E-state index contributed by atoms with van der Waals surface area (Å²) in [5, 5.41) is 6.68. The van der Waals surface area contributed by atoms with E-state index in [9.17, 15) is 14.0 Å². The van der Waals surface area contributed by atoms with E-state index in [2.05, 4.69) is 37.0 Å². The number of fused-ring (bicyclic) bond motifs is 1. The first-order chi connectivity index (χ1) is 19.0. The molecule has 4 aromatic rings. The molecule has 4 rings (SSSR count). The van der Waals surface area contributed by atoms with Gasteiger partial charge in [0.1, 0.15) is 17.2 Å². The maximum absolute atomic E-state index is 13.2. The summed E-state index contributed by atoms with van der Waals surface area (Å²) in [7, 11) is 7.57. The molecule has 2 aromatic heterocycles. The molecule has 0 saturated carbocycles. The summed E-state index contributed by atoms with van der Waals surface area (Å²) in [5.41, 5.74) is 3.04. The average Bonchev–Trinajstić information content (AvgIpc) is 2.93. The third kappa shape index (κ3) is 6.44. The first kappa shape index (κ1) is 28.2. The van der Waals surface area contributed by atoms with Gasteiger partial charge >= 0.3 is 0 Å². The first-order valence-electron chi connectivity index (χ1n) is 12.6. The number of pyridine rings is 1. The van der Waals surface area contributed by atoms with Crippen LogP contribution in [0, 0.1) is 12.7 Å². The van der Waals surface area contributed by atoms with Crippen LogP contribution in [0.3, 0.4) is 0 Å². The quantitative estimate of drug-likeness (QED) is 0.282. The fourth-order valence-corrected chi connectivity index (χ4v) is 4.00. The van der Waals surface area contributed by atoms with Crippen LogP contribution in [0.4, 0.5) is 27.4 Å². The number of hydrogen-bond acceptors (Lipinski definition) is 8. The summed E-state index contributed by atoms with van der Waals surface area (Å²) in [6.45, 7) is 7.09.